The summed E-state index contributed by atoms with van der Waals surface area (Å²) < 4.78 is 0. The van der Waals surface area contributed by atoms with Crippen LogP contribution in [0.15, 0.2) is 24.3 Å². The molecule has 0 fully saturated rings. The Morgan fingerprint density at radius 3 is 2.33 bits per heavy atom. The fraction of sp³-hybridized carbons (Fsp3) is 0.125. The Hall–Kier alpha value is -0.510. The van der Waals surface area contributed by atoms with E-state index in [0.717, 1.165) is 0 Å². The molecule has 0 heterocycles. The van der Waals surface area contributed by atoms with E-state index < -0.39 is 0 Å². The van der Waals surface area contributed by atoms with Gasteiger partial charge in [-0.3, -0.25) is 4.79 Å². The first-order chi connectivity index (χ1) is 5.18. The molecule has 0 spiro atoms. The van der Waals surface area contributed by atoms with E-state index in [1.165, 1.54) is 19.1 Å². The smallest absolute Gasteiger partial charge is 1.00 e. The average molecular weight is 175 g/mol. The van der Waals surface area contributed by atoms with Gasteiger partial charge in [-0.05, 0) is 24.3 Å². The predicted octanol–water partition coefficient (Wildman–Crippen LogP) is -1.53. The van der Waals surface area contributed by atoms with Crippen molar-refractivity contribution in [3.8, 4) is 5.75 Å². The van der Waals surface area contributed by atoms with E-state index in [1.54, 1.807) is 12.1 Å². The fourth-order valence-corrected chi connectivity index (χ4v) is 0.748. The van der Waals surface area contributed by atoms with Gasteiger partial charge >= 0.3 is 29.6 Å². The number of aromatic hydroxyl groups is 1. The van der Waals surface area contributed by atoms with Crippen molar-refractivity contribution in [3.63, 3.8) is 0 Å². The first kappa shape index (κ1) is 11.5. The second-order valence-corrected chi connectivity index (χ2v) is 2.23. The van der Waals surface area contributed by atoms with Gasteiger partial charge in [0.1, 0.15) is 5.75 Å². The summed E-state index contributed by atoms with van der Waals surface area (Å²) in [7, 11) is 0. The molecular formula is C8H10NNaO2. The van der Waals surface area contributed by atoms with Crippen molar-refractivity contribution < 1.29 is 40.9 Å². The van der Waals surface area contributed by atoms with E-state index >= 15 is 0 Å². The van der Waals surface area contributed by atoms with Crippen molar-refractivity contribution >= 4 is 11.6 Å². The van der Waals surface area contributed by atoms with Gasteiger partial charge in [0.25, 0.3) is 0 Å². The van der Waals surface area contributed by atoms with Crippen LogP contribution < -0.4 is 34.9 Å². The van der Waals surface area contributed by atoms with Gasteiger partial charge < -0.3 is 11.8 Å². The second-order valence-electron chi connectivity index (χ2n) is 2.23. The summed E-state index contributed by atoms with van der Waals surface area (Å²) in [5.41, 5.74) is 0.690. The molecule has 1 amide bonds. The summed E-state index contributed by atoms with van der Waals surface area (Å²) in [5.74, 6) is 0.0785. The maximum Gasteiger partial charge on any atom is 1.00 e. The molecule has 0 aromatic heterocycles. The van der Waals surface area contributed by atoms with Crippen molar-refractivity contribution in [2.45, 2.75) is 6.92 Å². The summed E-state index contributed by atoms with van der Waals surface area (Å²) >= 11 is 0. The van der Waals surface area contributed by atoms with Crippen LogP contribution in [0.2, 0.25) is 0 Å². The molecule has 0 aliphatic rings. The standard InChI is InChI=1S/C8H9NO2.Na.H/c1-6(10)9-7-2-4-8(11)5-3-7;;/h2-5,11H,1H3,(H,9,10);;/q;+1;-1. The number of nitrogens with one attached hydrogen (secondary N) is 1. The number of phenolic OH excluding ortho intramolecular Hbond substituents is 1. The molecule has 0 aliphatic heterocycles. The molecule has 1 rings (SSSR count). The topological polar surface area (TPSA) is 49.3 Å². The van der Waals surface area contributed by atoms with Gasteiger partial charge in [0.05, 0.1) is 0 Å². The van der Waals surface area contributed by atoms with Gasteiger partial charge in [0.15, 0.2) is 0 Å². The van der Waals surface area contributed by atoms with Crippen LogP contribution in [0.1, 0.15) is 8.35 Å². The van der Waals surface area contributed by atoms with Crippen LogP contribution >= 0.6 is 0 Å². The molecule has 1 aromatic carbocycles. The molecule has 0 atom stereocenters. The Balaban J connectivity index is 0. The van der Waals surface area contributed by atoms with Gasteiger partial charge in [0, 0.05) is 12.6 Å². The minimum absolute atomic E-state index is 0. The minimum atomic E-state index is -0.115. The molecule has 0 unspecified atom stereocenters. The molecular weight excluding hydrogens is 165 g/mol. The Bertz CT molecular complexity index is 263. The van der Waals surface area contributed by atoms with E-state index in [0.29, 0.717) is 5.69 Å². The first-order valence-electron chi connectivity index (χ1n) is 3.25. The Labute approximate surface area is 94.6 Å². The number of hydrogen-bond donors (Lipinski definition) is 2. The number of anilines is 1. The molecule has 4 heteroatoms. The Morgan fingerprint density at radius 1 is 1.42 bits per heavy atom. The number of carbonyl (C=O) groups is 1. The van der Waals surface area contributed by atoms with Gasteiger partial charge in [-0.1, -0.05) is 0 Å². The number of amides is 1. The minimum Gasteiger partial charge on any atom is -1.00 e. The van der Waals surface area contributed by atoms with E-state index in [4.69, 9.17) is 5.11 Å². The molecule has 0 radical (unpaired) electrons. The van der Waals surface area contributed by atoms with E-state index in [2.05, 4.69) is 5.32 Å². The molecule has 0 saturated carbocycles. The molecule has 1 aromatic rings. The second kappa shape index (κ2) is 5.19. The van der Waals surface area contributed by atoms with E-state index in [1.807, 2.05) is 0 Å². The van der Waals surface area contributed by atoms with Crippen molar-refractivity contribution in [3.05, 3.63) is 24.3 Å². The van der Waals surface area contributed by atoms with Gasteiger partial charge in [-0.15, -0.1) is 0 Å². The van der Waals surface area contributed by atoms with Crippen LogP contribution in [0, 0.1) is 0 Å². The SMILES string of the molecule is CC(=O)Nc1ccc(O)cc1.[H-].[Na+]. The molecule has 60 valence electrons. The molecule has 0 saturated heterocycles. The molecule has 0 bridgehead atoms. The number of phenols is 1. The van der Waals surface area contributed by atoms with Crippen LogP contribution in [0.3, 0.4) is 0 Å². The predicted molar refractivity (Wildman–Crippen MR) is 43.5 cm³/mol. The van der Waals surface area contributed by atoms with Crippen LogP contribution in [0.25, 0.3) is 0 Å². The van der Waals surface area contributed by atoms with Crippen molar-refractivity contribution in [1.82, 2.24) is 0 Å². The zero-order valence-corrected chi connectivity index (χ0v) is 9.16. The number of rotatable bonds is 1. The monoisotopic (exact) mass is 175 g/mol. The van der Waals surface area contributed by atoms with Crippen molar-refractivity contribution in [1.29, 1.82) is 0 Å². The summed E-state index contributed by atoms with van der Waals surface area (Å²) in [6.45, 7) is 1.44. The zero-order chi connectivity index (χ0) is 8.27. The maximum absolute atomic E-state index is 10.5. The maximum atomic E-state index is 10.5. The zero-order valence-electron chi connectivity index (χ0n) is 8.16. The van der Waals surface area contributed by atoms with E-state index in [-0.39, 0.29) is 42.6 Å². The number of hydrogen-bond acceptors (Lipinski definition) is 2. The summed E-state index contributed by atoms with van der Waals surface area (Å²) in [4.78, 5) is 10.5. The normalized spacial score (nSPS) is 8.42. The van der Waals surface area contributed by atoms with Crippen LogP contribution in [-0.4, -0.2) is 11.0 Å². The van der Waals surface area contributed by atoms with Crippen molar-refractivity contribution in [2.75, 3.05) is 5.32 Å². The third-order valence-electron chi connectivity index (χ3n) is 1.19. The van der Waals surface area contributed by atoms with Crippen LogP contribution in [0.4, 0.5) is 5.69 Å². The van der Waals surface area contributed by atoms with Crippen molar-refractivity contribution in [2.24, 2.45) is 0 Å². The van der Waals surface area contributed by atoms with Crippen LogP contribution in [0.5, 0.6) is 5.75 Å². The molecule has 12 heavy (non-hydrogen) atoms. The largest absolute Gasteiger partial charge is 1.00 e. The van der Waals surface area contributed by atoms with E-state index in [9.17, 15) is 4.79 Å². The van der Waals surface area contributed by atoms with Crippen LogP contribution in [-0.2, 0) is 4.79 Å². The number of benzene rings is 1. The first-order valence-corrected chi connectivity index (χ1v) is 3.25. The summed E-state index contributed by atoms with van der Waals surface area (Å²) in [6.07, 6.45) is 0. The quantitative estimate of drug-likeness (QED) is 0.402. The molecule has 0 aliphatic carbocycles. The Kier molecular flexibility index (Phi) is 4.97. The number of carbonyl (C=O) groups excluding carboxylic acids is 1. The third-order valence-corrected chi connectivity index (χ3v) is 1.19. The molecule has 2 N–H and O–H groups in total. The Morgan fingerprint density at radius 2 is 1.92 bits per heavy atom. The summed E-state index contributed by atoms with van der Waals surface area (Å²) in [6, 6.07) is 6.31. The third kappa shape index (κ3) is 3.76. The molecule has 3 nitrogen and oxygen atoms in total. The van der Waals surface area contributed by atoms with Gasteiger partial charge in [-0.2, -0.15) is 0 Å². The summed E-state index contributed by atoms with van der Waals surface area (Å²) in [5, 5.41) is 11.5. The fourth-order valence-electron chi connectivity index (χ4n) is 0.748. The van der Waals surface area contributed by atoms with Gasteiger partial charge in [-0.25, -0.2) is 0 Å². The van der Waals surface area contributed by atoms with Gasteiger partial charge in [0.2, 0.25) is 5.91 Å². The average Bonchev–Trinajstić information content (AvgIpc) is 1.93.